The van der Waals surface area contributed by atoms with Gasteiger partial charge in [-0.15, -0.1) is 0 Å². The van der Waals surface area contributed by atoms with Crippen molar-refractivity contribution in [3.63, 3.8) is 0 Å². The highest BCUT2D eigenvalue weighted by Gasteiger charge is 2.14. The summed E-state index contributed by atoms with van der Waals surface area (Å²) in [5.74, 6) is 1.01. The lowest BCUT2D eigenvalue weighted by molar-refractivity contribution is 0.301. The molecule has 3 rings (SSSR count). The molecule has 0 aromatic heterocycles. The van der Waals surface area contributed by atoms with E-state index in [-0.39, 0.29) is 0 Å². The molecule has 0 amide bonds. The second kappa shape index (κ2) is 10.6. The molecular formula is C26H32N2O. The van der Waals surface area contributed by atoms with Gasteiger partial charge < -0.3 is 4.74 Å². The molecule has 0 spiro atoms. The van der Waals surface area contributed by atoms with Crippen LogP contribution in [0.5, 0.6) is 5.75 Å². The summed E-state index contributed by atoms with van der Waals surface area (Å²) >= 11 is 0. The maximum Gasteiger partial charge on any atom is 0.125 e. The molecule has 0 unspecified atom stereocenters. The van der Waals surface area contributed by atoms with Crippen molar-refractivity contribution in [3.8, 4) is 5.75 Å². The maximum atomic E-state index is 6.13. The summed E-state index contributed by atoms with van der Waals surface area (Å²) in [7, 11) is 0. The van der Waals surface area contributed by atoms with Crippen LogP contribution in [0.15, 0.2) is 72.8 Å². The first kappa shape index (κ1) is 20.8. The van der Waals surface area contributed by atoms with E-state index in [4.69, 9.17) is 4.74 Å². The van der Waals surface area contributed by atoms with Crippen LogP contribution in [0.4, 0.5) is 17.1 Å². The topological polar surface area (TPSA) is 24.5 Å². The Kier molecular flexibility index (Phi) is 7.57. The summed E-state index contributed by atoms with van der Waals surface area (Å²) in [4.78, 5) is 0. The van der Waals surface area contributed by atoms with Gasteiger partial charge in [-0.2, -0.15) is 0 Å². The van der Waals surface area contributed by atoms with Crippen LogP contribution in [0.3, 0.4) is 0 Å². The lowest BCUT2D eigenvalue weighted by Crippen LogP contribution is -2.24. The summed E-state index contributed by atoms with van der Waals surface area (Å²) in [5.41, 5.74) is 9.08. The Balaban J connectivity index is 1.84. The summed E-state index contributed by atoms with van der Waals surface area (Å²) < 4.78 is 6.13. The van der Waals surface area contributed by atoms with Gasteiger partial charge in [0.2, 0.25) is 0 Å². The Bertz CT molecular complexity index is 855. The zero-order valence-electron chi connectivity index (χ0n) is 17.8. The average molecular weight is 389 g/mol. The third kappa shape index (κ3) is 5.77. The van der Waals surface area contributed by atoms with Gasteiger partial charge in [-0.3, -0.25) is 10.4 Å². The summed E-state index contributed by atoms with van der Waals surface area (Å²) in [6.45, 7) is 7.27. The number of ether oxygens (including phenoxy) is 1. The number of rotatable bonds is 10. The first-order chi connectivity index (χ1) is 14.2. The number of para-hydroxylation sites is 2. The minimum atomic E-state index is 0.783. The molecule has 0 saturated heterocycles. The SMILES string of the molecule is CCCCCCOc1c(C)cc(N(Nc2ccccc2)c2ccccc2)cc1C. The van der Waals surface area contributed by atoms with E-state index in [1.807, 2.05) is 24.3 Å². The molecule has 0 radical (unpaired) electrons. The smallest absolute Gasteiger partial charge is 0.125 e. The number of hydrazine groups is 1. The molecule has 0 heterocycles. The van der Waals surface area contributed by atoms with E-state index in [9.17, 15) is 0 Å². The van der Waals surface area contributed by atoms with Crippen molar-refractivity contribution in [1.29, 1.82) is 0 Å². The van der Waals surface area contributed by atoms with Gasteiger partial charge in [-0.25, -0.2) is 0 Å². The van der Waals surface area contributed by atoms with Crippen molar-refractivity contribution < 1.29 is 4.74 Å². The Labute approximate surface area is 175 Å². The molecule has 1 N–H and O–H groups in total. The fourth-order valence-electron chi connectivity index (χ4n) is 3.48. The van der Waals surface area contributed by atoms with Crippen LogP contribution in [-0.4, -0.2) is 6.61 Å². The van der Waals surface area contributed by atoms with Gasteiger partial charge in [-0.1, -0.05) is 62.6 Å². The molecule has 152 valence electrons. The first-order valence-electron chi connectivity index (χ1n) is 10.6. The number of nitrogens with zero attached hydrogens (tertiary/aromatic N) is 1. The van der Waals surface area contributed by atoms with Crippen molar-refractivity contribution in [2.24, 2.45) is 0 Å². The second-order valence-electron chi connectivity index (χ2n) is 7.47. The predicted octanol–water partition coefficient (Wildman–Crippen LogP) is 7.43. The van der Waals surface area contributed by atoms with Crippen molar-refractivity contribution in [3.05, 3.63) is 83.9 Å². The van der Waals surface area contributed by atoms with Crippen molar-refractivity contribution >= 4 is 17.1 Å². The van der Waals surface area contributed by atoms with E-state index in [0.29, 0.717) is 0 Å². The number of unbranched alkanes of at least 4 members (excludes halogenated alkanes) is 3. The number of aryl methyl sites for hydroxylation is 2. The third-order valence-corrected chi connectivity index (χ3v) is 4.98. The van der Waals surface area contributed by atoms with E-state index < -0.39 is 0 Å². The number of nitrogens with one attached hydrogen (secondary N) is 1. The normalized spacial score (nSPS) is 10.6. The Morgan fingerprint density at radius 1 is 0.759 bits per heavy atom. The molecule has 0 bridgehead atoms. The molecule has 3 nitrogen and oxygen atoms in total. The lowest BCUT2D eigenvalue weighted by Gasteiger charge is -2.28. The monoisotopic (exact) mass is 388 g/mol. The van der Waals surface area contributed by atoms with Gasteiger partial charge in [0.25, 0.3) is 0 Å². The van der Waals surface area contributed by atoms with Gasteiger partial charge in [-0.05, 0) is 67.8 Å². The number of hydrogen-bond donors (Lipinski definition) is 1. The number of hydrogen-bond acceptors (Lipinski definition) is 3. The average Bonchev–Trinajstić information content (AvgIpc) is 2.75. The molecule has 0 fully saturated rings. The second-order valence-corrected chi connectivity index (χ2v) is 7.47. The molecule has 0 aliphatic heterocycles. The van der Waals surface area contributed by atoms with Crippen molar-refractivity contribution in [2.45, 2.75) is 46.5 Å². The van der Waals surface area contributed by atoms with E-state index >= 15 is 0 Å². The zero-order chi connectivity index (χ0) is 20.5. The fourth-order valence-corrected chi connectivity index (χ4v) is 3.48. The van der Waals surface area contributed by atoms with Crippen LogP contribution < -0.4 is 15.2 Å². The quantitative estimate of drug-likeness (QED) is 0.289. The molecule has 0 aliphatic rings. The van der Waals surface area contributed by atoms with Gasteiger partial charge in [0.1, 0.15) is 5.75 Å². The van der Waals surface area contributed by atoms with Crippen molar-refractivity contribution in [1.82, 2.24) is 0 Å². The predicted molar refractivity (Wildman–Crippen MR) is 124 cm³/mol. The highest BCUT2D eigenvalue weighted by atomic mass is 16.5. The van der Waals surface area contributed by atoms with E-state index in [1.165, 1.54) is 19.3 Å². The van der Waals surface area contributed by atoms with Gasteiger partial charge in [0.15, 0.2) is 0 Å². The first-order valence-corrected chi connectivity index (χ1v) is 10.6. The molecule has 0 aliphatic carbocycles. The lowest BCUT2D eigenvalue weighted by atomic mass is 10.1. The van der Waals surface area contributed by atoms with Crippen LogP contribution in [0.2, 0.25) is 0 Å². The molecule has 0 saturated carbocycles. The van der Waals surface area contributed by atoms with E-state index in [1.54, 1.807) is 0 Å². The van der Waals surface area contributed by atoms with Crippen LogP contribution in [0.1, 0.15) is 43.7 Å². The third-order valence-electron chi connectivity index (χ3n) is 4.98. The number of benzene rings is 3. The minimum Gasteiger partial charge on any atom is -0.493 e. The minimum absolute atomic E-state index is 0.783. The molecule has 3 heteroatoms. The van der Waals surface area contributed by atoms with Gasteiger partial charge >= 0.3 is 0 Å². The highest BCUT2D eigenvalue weighted by Crippen LogP contribution is 2.33. The van der Waals surface area contributed by atoms with E-state index in [0.717, 1.165) is 47.0 Å². The molecule has 3 aromatic carbocycles. The fraction of sp³-hybridized carbons (Fsp3) is 0.308. The molecule has 29 heavy (non-hydrogen) atoms. The zero-order valence-corrected chi connectivity index (χ0v) is 17.8. The largest absolute Gasteiger partial charge is 0.493 e. The maximum absolute atomic E-state index is 6.13. The molecule has 0 atom stereocenters. The highest BCUT2D eigenvalue weighted by molar-refractivity contribution is 5.70. The molecule has 3 aromatic rings. The summed E-state index contributed by atoms with van der Waals surface area (Å²) in [6, 6.07) is 25.0. The Morgan fingerprint density at radius 3 is 2.00 bits per heavy atom. The van der Waals surface area contributed by atoms with Crippen LogP contribution in [-0.2, 0) is 0 Å². The molecular weight excluding hydrogens is 356 g/mol. The van der Waals surface area contributed by atoms with Crippen LogP contribution in [0, 0.1) is 13.8 Å². The number of anilines is 3. The van der Waals surface area contributed by atoms with Gasteiger partial charge in [0.05, 0.1) is 23.7 Å². The summed E-state index contributed by atoms with van der Waals surface area (Å²) in [6.07, 6.45) is 4.86. The van der Waals surface area contributed by atoms with E-state index in [2.05, 4.69) is 79.7 Å². The Hall–Kier alpha value is -2.94. The van der Waals surface area contributed by atoms with Gasteiger partial charge in [0, 0.05) is 0 Å². The van der Waals surface area contributed by atoms with Crippen LogP contribution in [0.25, 0.3) is 0 Å². The van der Waals surface area contributed by atoms with Crippen molar-refractivity contribution in [2.75, 3.05) is 17.0 Å². The van der Waals surface area contributed by atoms with Crippen LogP contribution >= 0.6 is 0 Å². The summed E-state index contributed by atoms with van der Waals surface area (Å²) in [5, 5.41) is 2.13. The standard InChI is InChI=1S/C26H32N2O/c1-4-5-6-13-18-29-26-21(2)19-25(20-22(26)3)28(24-16-11-8-12-17-24)27-23-14-9-7-10-15-23/h7-12,14-17,19-20,27H,4-6,13,18H2,1-3H3. The Morgan fingerprint density at radius 2 is 1.38 bits per heavy atom.